The Kier molecular flexibility index (Phi) is 6.16. The van der Waals surface area contributed by atoms with Gasteiger partial charge in [-0.1, -0.05) is 11.6 Å². The summed E-state index contributed by atoms with van der Waals surface area (Å²) < 4.78 is 10.3. The maximum Gasteiger partial charge on any atom is 0.371 e. The van der Waals surface area contributed by atoms with Gasteiger partial charge in [0.15, 0.2) is 0 Å². The Morgan fingerprint density at radius 2 is 2.12 bits per heavy atom. The number of rotatable bonds is 7. The maximum absolute atomic E-state index is 12.0. The van der Waals surface area contributed by atoms with Crippen molar-refractivity contribution in [1.29, 1.82) is 0 Å². The molecule has 1 amide bonds. The van der Waals surface area contributed by atoms with Crippen LogP contribution in [0.4, 0.5) is 5.69 Å². The third-order valence-electron chi connectivity index (χ3n) is 3.10. The fourth-order valence-corrected chi connectivity index (χ4v) is 2.80. The molecule has 0 saturated carbocycles. The molecular weight excluding hydrogens is 354 g/mol. The quantitative estimate of drug-likeness (QED) is 0.771. The highest BCUT2D eigenvalue weighted by molar-refractivity contribution is 7.99. The second kappa shape index (κ2) is 8.12. The summed E-state index contributed by atoms with van der Waals surface area (Å²) in [7, 11) is 1.50. The lowest BCUT2D eigenvalue weighted by Gasteiger charge is -2.12. The predicted molar refractivity (Wildman–Crippen MR) is 93.2 cm³/mol. The Morgan fingerprint density at radius 3 is 2.75 bits per heavy atom. The number of methoxy groups -OCH3 is 1. The molecule has 0 spiro atoms. The standard InChI is InChI=1S/C16H16ClNO5S/c1-9-5-12(14(22-2)6-11(9)17)18-15(19)8-24-7-10-3-4-13(23-10)16(20)21/h3-6H,7-8H2,1-2H3,(H,18,19)(H,20,21). The van der Waals surface area contributed by atoms with Gasteiger partial charge in [0.2, 0.25) is 11.7 Å². The van der Waals surface area contributed by atoms with E-state index in [1.807, 2.05) is 6.92 Å². The molecule has 1 aromatic heterocycles. The van der Waals surface area contributed by atoms with Gasteiger partial charge < -0.3 is 19.6 Å². The number of anilines is 1. The molecule has 0 unspecified atom stereocenters. The van der Waals surface area contributed by atoms with Crippen LogP contribution in [0, 0.1) is 6.92 Å². The molecule has 2 aromatic rings. The van der Waals surface area contributed by atoms with Crippen molar-refractivity contribution in [1.82, 2.24) is 0 Å². The predicted octanol–water partition coefficient (Wildman–Crippen LogP) is 3.82. The number of carboxylic acids is 1. The average molecular weight is 370 g/mol. The molecule has 1 heterocycles. The number of aryl methyl sites for hydroxylation is 1. The number of thioether (sulfide) groups is 1. The van der Waals surface area contributed by atoms with Gasteiger partial charge in [0.05, 0.1) is 24.3 Å². The van der Waals surface area contributed by atoms with Crippen LogP contribution in [0.3, 0.4) is 0 Å². The number of benzene rings is 1. The summed E-state index contributed by atoms with van der Waals surface area (Å²) in [6, 6.07) is 6.37. The fourth-order valence-electron chi connectivity index (χ4n) is 1.93. The van der Waals surface area contributed by atoms with Crippen LogP contribution >= 0.6 is 23.4 Å². The number of hydrogen-bond acceptors (Lipinski definition) is 5. The molecule has 24 heavy (non-hydrogen) atoms. The number of furan rings is 1. The minimum Gasteiger partial charge on any atom is -0.495 e. The third kappa shape index (κ3) is 4.69. The molecule has 0 radical (unpaired) electrons. The Morgan fingerprint density at radius 1 is 1.38 bits per heavy atom. The Labute approximate surface area is 148 Å². The van der Waals surface area contributed by atoms with Gasteiger partial charge in [-0.3, -0.25) is 4.79 Å². The topological polar surface area (TPSA) is 88.8 Å². The molecule has 1 aromatic carbocycles. The largest absolute Gasteiger partial charge is 0.495 e. The molecule has 2 N–H and O–H groups in total. The van der Waals surface area contributed by atoms with Crippen molar-refractivity contribution in [2.45, 2.75) is 12.7 Å². The van der Waals surface area contributed by atoms with E-state index >= 15 is 0 Å². The first-order valence-corrected chi connectivity index (χ1v) is 8.47. The van der Waals surface area contributed by atoms with Crippen molar-refractivity contribution in [3.63, 3.8) is 0 Å². The second-order valence-electron chi connectivity index (χ2n) is 4.91. The number of carbonyl (C=O) groups is 2. The van der Waals surface area contributed by atoms with Crippen LogP contribution in [0.25, 0.3) is 0 Å². The summed E-state index contributed by atoms with van der Waals surface area (Å²) in [6.45, 7) is 1.84. The van der Waals surface area contributed by atoms with Gasteiger partial charge in [-0.05, 0) is 30.7 Å². The summed E-state index contributed by atoms with van der Waals surface area (Å²) in [5.41, 5.74) is 1.38. The molecule has 6 nitrogen and oxygen atoms in total. The van der Waals surface area contributed by atoms with E-state index in [1.165, 1.54) is 24.9 Å². The number of ether oxygens (including phenoxy) is 1. The highest BCUT2D eigenvalue weighted by Crippen LogP contribution is 2.31. The van der Waals surface area contributed by atoms with Crippen LogP contribution < -0.4 is 10.1 Å². The number of amides is 1. The Bertz CT molecular complexity index is 759. The number of hydrogen-bond donors (Lipinski definition) is 2. The lowest BCUT2D eigenvalue weighted by molar-refractivity contribution is -0.113. The zero-order valence-corrected chi connectivity index (χ0v) is 14.7. The Hall–Kier alpha value is -2.12. The molecule has 0 aliphatic carbocycles. The normalized spacial score (nSPS) is 10.5. The summed E-state index contributed by atoms with van der Waals surface area (Å²) in [5.74, 6) is 0.146. The van der Waals surface area contributed by atoms with E-state index in [2.05, 4.69) is 5.32 Å². The summed E-state index contributed by atoms with van der Waals surface area (Å²) in [5, 5.41) is 12.1. The van der Waals surface area contributed by atoms with Gasteiger partial charge in [0.1, 0.15) is 11.5 Å². The number of halogens is 1. The van der Waals surface area contributed by atoms with Crippen molar-refractivity contribution >= 4 is 40.9 Å². The molecule has 0 aliphatic heterocycles. The molecule has 128 valence electrons. The van der Waals surface area contributed by atoms with Gasteiger partial charge in [-0.15, -0.1) is 11.8 Å². The molecule has 0 bridgehead atoms. The van der Waals surface area contributed by atoms with E-state index < -0.39 is 5.97 Å². The first-order valence-electron chi connectivity index (χ1n) is 6.94. The third-order valence-corrected chi connectivity index (χ3v) is 4.47. The van der Waals surface area contributed by atoms with Crippen molar-refractivity contribution < 1.29 is 23.8 Å². The fraction of sp³-hybridized carbons (Fsp3) is 0.250. The van der Waals surface area contributed by atoms with Crippen LogP contribution in [0.2, 0.25) is 5.02 Å². The van der Waals surface area contributed by atoms with E-state index in [0.717, 1.165) is 5.56 Å². The highest BCUT2D eigenvalue weighted by Gasteiger charge is 2.12. The van der Waals surface area contributed by atoms with Crippen molar-refractivity contribution in [2.75, 3.05) is 18.2 Å². The highest BCUT2D eigenvalue weighted by atomic mass is 35.5. The summed E-state index contributed by atoms with van der Waals surface area (Å²) in [6.07, 6.45) is 0. The van der Waals surface area contributed by atoms with E-state index in [1.54, 1.807) is 18.2 Å². The monoisotopic (exact) mass is 369 g/mol. The second-order valence-corrected chi connectivity index (χ2v) is 6.31. The van der Waals surface area contributed by atoms with Crippen LogP contribution in [-0.4, -0.2) is 29.8 Å². The SMILES string of the molecule is COc1cc(Cl)c(C)cc1NC(=O)CSCc1ccc(C(=O)O)o1. The van der Waals surface area contributed by atoms with Crippen molar-refractivity contribution in [3.8, 4) is 5.75 Å². The van der Waals surface area contributed by atoms with Crippen molar-refractivity contribution in [2.24, 2.45) is 0 Å². The molecular formula is C16H16ClNO5S. The lowest BCUT2D eigenvalue weighted by Crippen LogP contribution is -2.15. The number of aromatic carboxylic acids is 1. The summed E-state index contributed by atoms with van der Waals surface area (Å²) in [4.78, 5) is 22.8. The first-order chi connectivity index (χ1) is 11.4. The zero-order chi connectivity index (χ0) is 17.7. The summed E-state index contributed by atoms with van der Waals surface area (Å²) >= 11 is 7.34. The van der Waals surface area contributed by atoms with Gasteiger partial charge in [-0.25, -0.2) is 4.79 Å². The van der Waals surface area contributed by atoms with Gasteiger partial charge in [0, 0.05) is 11.1 Å². The molecule has 0 aliphatic rings. The first kappa shape index (κ1) is 18.2. The zero-order valence-electron chi connectivity index (χ0n) is 13.1. The molecule has 0 saturated heterocycles. The van der Waals surface area contributed by atoms with Crippen molar-refractivity contribution in [3.05, 3.63) is 46.4 Å². The van der Waals surface area contributed by atoms with Crippen LogP contribution in [-0.2, 0) is 10.5 Å². The number of carboxylic acid groups (broad SMARTS) is 1. The minimum atomic E-state index is -1.12. The molecule has 0 atom stereocenters. The molecule has 8 heteroatoms. The minimum absolute atomic E-state index is 0.114. The van der Waals surface area contributed by atoms with Crippen LogP contribution in [0.5, 0.6) is 5.75 Å². The van der Waals surface area contributed by atoms with E-state index in [0.29, 0.717) is 28.0 Å². The molecule has 0 fully saturated rings. The number of carbonyl (C=O) groups excluding carboxylic acids is 1. The van der Waals surface area contributed by atoms with E-state index in [9.17, 15) is 9.59 Å². The van der Waals surface area contributed by atoms with Crippen LogP contribution in [0.15, 0.2) is 28.7 Å². The van der Waals surface area contributed by atoms with Crippen LogP contribution in [0.1, 0.15) is 21.9 Å². The van der Waals surface area contributed by atoms with Gasteiger partial charge in [0.25, 0.3) is 0 Å². The number of nitrogens with one attached hydrogen (secondary N) is 1. The van der Waals surface area contributed by atoms with Gasteiger partial charge in [-0.2, -0.15) is 0 Å². The maximum atomic E-state index is 12.0. The average Bonchev–Trinajstić information content (AvgIpc) is 3.00. The smallest absolute Gasteiger partial charge is 0.371 e. The lowest BCUT2D eigenvalue weighted by atomic mass is 10.2. The van der Waals surface area contributed by atoms with E-state index in [4.69, 9.17) is 25.9 Å². The Balaban J connectivity index is 1.89. The van der Waals surface area contributed by atoms with Gasteiger partial charge >= 0.3 is 5.97 Å². The van der Waals surface area contributed by atoms with E-state index in [-0.39, 0.29) is 17.4 Å². The molecule has 2 rings (SSSR count).